The third-order valence-corrected chi connectivity index (χ3v) is 5.13. The quantitative estimate of drug-likeness (QED) is 0.352. The predicted molar refractivity (Wildman–Crippen MR) is 117 cm³/mol. The minimum Gasteiger partial charge on any atom is -0.475 e. The Morgan fingerprint density at radius 3 is 2.27 bits per heavy atom. The highest BCUT2D eigenvalue weighted by molar-refractivity contribution is 9.10. The number of rotatable bonds is 10. The number of hydrogen-bond donors (Lipinski definition) is 1. The first-order valence-electron chi connectivity index (χ1n) is 9.85. The van der Waals surface area contributed by atoms with Crippen LogP contribution in [0.1, 0.15) is 44.4 Å². The summed E-state index contributed by atoms with van der Waals surface area (Å²) in [5.41, 5.74) is 0.981. The zero-order valence-electron chi connectivity index (χ0n) is 17.7. The van der Waals surface area contributed by atoms with Gasteiger partial charge < -0.3 is 14.8 Å². The summed E-state index contributed by atoms with van der Waals surface area (Å²) in [5, 5.41) is 3.31. The van der Waals surface area contributed by atoms with Crippen LogP contribution in [0.4, 0.5) is 8.78 Å². The molecule has 0 saturated carbocycles. The van der Waals surface area contributed by atoms with Gasteiger partial charge in [-0.1, -0.05) is 30.3 Å². The van der Waals surface area contributed by atoms with E-state index in [9.17, 15) is 13.6 Å². The maximum atomic E-state index is 13.3. The summed E-state index contributed by atoms with van der Waals surface area (Å²) in [5.74, 6) is -2.67. The molecule has 0 unspecified atom stereocenters. The molecule has 164 valence electrons. The smallest absolute Gasteiger partial charge is 0.349 e. The van der Waals surface area contributed by atoms with Crippen LogP contribution in [0, 0.1) is 0 Å². The Hall–Kier alpha value is -1.99. The summed E-state index contributed by atoms with van der Waals surface area (Å²) in [7, 11) is 0. The summed E-state index contributed by atoms with van der Waals surface area (Å²) >= 11 is 3.50. The van der Waals surface area contributed by atoms with Crippen molar-refractivity contribution in [2.24, 2.45) is 0 Å². The highest BCUT2D eigenvalue weighted by atomic mass is 79.9. The molecule has 2 aromatic carbocycles. The van der Waals surface area contributed by atoms with E-state index in [2.05, 4.69) is 21.2 Å². The van der Waals surface area contributed by atoms with Crippen LogP contribution in [0.15, 0.2) is 46.9 Å². The van der Waals surface area contributed by atoms with Crippen molar-refractivity contribution in [1.29, 1.82) is 0 Å². The molecule has 0 bridgehead atoms. The number of benzene rings is 2. The fourth-order valence-corrected chi connectivity index (χ4v) is 3.29. The van der Waals surface area contributed by atoms with Gasteiger partial charge in [-0.05, 0) is 72.9 Å². The number of alkyl halides is 2. The predicted octanol–water partition coefficient (Wildman–Crippen LogP) is 5.61. The lowest BCUT2D eigenvalue weighted by molar-refractivity contribution is -0.158. The highest BCUT2D eigenvalue weighted by Crippen LogP contribution is 2.30. The van der Waals surface area contributed by atoms with E-state index in [1.807, 2.05) is 18.2 Å². The van der Waals surface area contributed by atoms with Gasteiger partial charge in [0.15, 0.2) is 5.60 Å². The Balaban J connectivity index is 1.85. The van der Waals surface area contributed by atoms with Gasteiger partial charge in [0.1, 0.15) is 5.75 Å². The molecule has 0 aliphatic rings. The molecule has 0 aromatic heterocycles. The summed E-state index contributed by atoms with van der Waals surface area (Å²) in [4.78, 5) is 12.0. The standard InChI is InChI=1S/C23H28BrF2NO3/c1-5-29-21(28)22(2,3)30-20-11-8-16(14-19(20)24)12-13-27-15-17-6-9-18(10-7-17)23(4,25)26/h6-11,14,27H,5,12-13,15H2,1-4H3. The van der Waals surface area contributed by atoms with Crippen molar-refractivity contribution in [1.82, 2.24) is 5.32 Å². The van der Waals surface area contributed by atoms with Gasteiger partial charge in [0.25, 0.3) is 5.92 Å². The van der Waals surface area contributed by atoms with Gasteiger partial charge in [0, 0.05) is 19.0 Å². The molecule has 30 heavy (non-hydrogen) atoms. The lowest BCUT2D eigenvalue weighted by Crippen LogP contribution is -2.39. The van der Waals surface area contributed by atoms with Gasteiger partial charge in [0.2, 0.25) is 0 Å². The highest BCUT2D eigenvalue weighted by Gasteiger charge is 2.32. The SMILES string of the molecule is CCOC(=O)C(C)(C)Oc1ccc(CCNCc2ccc(C(C)(F)F)cc2)cc1Br. The van der Waals surface area contributed by atoms with E-state index in [0.717, 1.165) is 35.5 Å². The van der Waals surface area contributed by atoms with Gasteiger partial charge in [-0.25, -0.2) is 13.6 Å². The number of carbonyl (C=O) groups excluding carboxylic acids is 1. The van der Waals surface area contributed by atoms with Crippen molar-refractivity contribution in [3.63, 3.8) is 0 Å². The van der Waals surface area contributed by atoms with E-state index in [1.54, 1.807) is 32.9 Å². The van der Waals surface area contributed by atoms with Crippen molar-refractivity contribution in [2.75, 3.05) is 13.2 Å². The fourth-order valence-electron chi connectivity index (χ4n) is 2.78. The molecule has 0 spiro atoms. The molecule has 2 aromatic rings. The number of halogens is 3. The molecular formula is C23H28BrF2NO3. The van der Waals surface area contributed by atoms with Crippen molar-refractivity contribution >= 4 is 21.9 Å². The molecule has 0 heterocycles. The summed E-state index contributed by atoms with van der Waals surface area (Å²) in [6, 6.07) is 12.1. The molecule has 1 N–H and O–H groups in total. The lowest BCUT2D eigenvalue weighted by atomic mass is 10.1. The Bertz CT molecular complexity index is 849. The monoisotopic (exact) mass is 483 g/mol. The first kappa shape index (κ1) is 24.3. The second-order valence-electron chi connectivity index (χ2n) is 7.61. The maximum Gasteiger partial charge on any atom is 0.349 e. The van der Waals surface area contributed by atoms with Crippen LogP contribution in [0.5, 0.6) is 5.75 Å². The number of esters is 1. The maximum absolute atomic E-state index is 13.3. The molecule has 0 radical (unpaired) electrons. The third kappa shape index (κ3) is 7.06. The van der Waals surface area contributed by atoms with Crippen LogP contribution in [-0.4, -0.2) is 24.7 Å². The van der Waals surface area contributed by atoms with Gasteiger partial charge in [-0.2, -0.15) is 0 Å². The molecule has 0 aliphatic heterocycles. The van der Waals surface area contributed by atoms with E-state index >= 15 is 0 Å². The van der Waals surface area contributed by atoms with Crippen LogP contribution in [0.2, 0.25) is 0 Å². The third-order valence-electron chi connectivity index (χ3n) is 4.51. The van der Waals surface area contributed by atoms with E-state index in [0.29, 0.717) is 18.9 Å². The summed E-state index contributed by atoms with van der Waals surface area (Å²) in [6.45, 7) is 7.62. The molecule has 0 atom stereocenters. The number of hydrogen-bond acceptors (Lipinski definition) is 4. The molecule has 0 fully saturated rings. The average Bonchev–Trinajstić information content (AvgIpc) is 2.67. The minimum absolute atomic E-state index is 0.0181. The average molecular weight is 484 g/mol. The Labute approximate surface area is 185 Å². The van der Waals surface area contributed by atoms with E-state index in [4.69, 9.17) is 9.47 Å². The molecule has 0 amide bonds. The second kappa shape index (κ2) is 10.4. The molecule has 7 heteroatoms. The van der Waals surface area contributed by atoms with Crippen LogP contribution < -0.4 is 10.1 Å². The minimum atomic E-state index is -2.82. The van der Waals surface area contributed by atoms with E-state index in [1.165, 1.54) is 12.1 Å². The molecule has 4 nitrogen and oxygen atoms in total. The number of nitrogens with one attached hydrogen (secondary N) is 1. The fraction of sp³-hybridized carbons (Fsp3) is 0.435. The van der Waals surface area contributed by atoms with E-state index < -0.39 is 17.5 Å². The Kier molecular flexibility index (Phi) is 8.38. The topological polar surface area (TPSA) is 47.6 Å². The molecular weight excluding hydrogens is 456 g/mol. The van der Waals surface area contributed by atoms with Crippen molar-refractivity contribution in [3.8, 4) is 5.75 Å². The van der Waals surface area contributed by atoms with Gasteiger partial charge in [0.05, 0.1) is 11.1 Å². The van der Waals surface area contributed by atoms with Crippen molar-refractivity contribution in [2.45, 2.75) is 52.2 Å². The zero-order valence-corrected chi connectivity index (χ0v) is 19.3. The summed E-state index contributed by atoms with van der Waals surface area (Å²) in [6.07, 6.45) is 0.783. The first-order valence-corrected chi connectivity index (χ1v) is 10.6. The largest absolute Gasteiger partial charge is 0.475 e. The van der Waals surface area contributed by atoms with Gasteiger partial charge in [-0.3, -0.25) is 0 Å². The van der Waals surface area contributed by atoms with E-state index in [-0.39, 0.29) is 5.56 Å². The van der Waals surface area contributed by atoms with Crippen LogP contribution in [-0.2, 0) is 28.4 Å². The van der Waals surface area contributed by atoms with Crippen LogP contribution in [0.3, 0.4) is 0 Å². The number of ether oxygens (including phenoxy) is 2. The lowest BCUT2D eigenvalue weighted by Gasteiger charge is -2.24. The first-order chi connectivity index (χ1) is 14.0. The summed E-state index contributed by atoms with van der Waals surface area (Å²) < 4.78 is 38.1. The Morgan fingerprint density at radius 2 is 1.70 bits per heavy atom. The van der Waals surface area contributed by atoms with Crippen LogP contribution in [0.25, 0.3) is 0 Å². The molecule has 0 aliphatic carbocycles. The van der Waals surface area contributed by atoms with Crippen LogP contribution >= 0.6 is 15.9 Å². The Morgan fingerprint density at radius 1 is 1.07 bits per heavy atom. The number of carbonyl (C=O) groups is 1. The van der Waals surface area contributed by atoms with Crippen molar-refractivity contribution < 1.29 is 23.0 Å². The van der Waals surface area contributed by atoms with Gasteiger partial charge >= 0.3 is 5.97 Å². The molecule has 0 saturated heterocycles. The second-order valence-corrected chi connectivity index (χ2v) is 8.46. The van der Waals surface area contributed by atoms with Crippen molar-refractivity contribution in [3.05, 3.63) is 63.6 Å². The van der Waals surface area contributed by atoms with Gasteiger partial charge in [-0.15, -0.1) is 0 Å². The molecule has 2 rings (SSSR count). The zero-order chi connectivity index (χ0) is 22.4. The normalized spacial score (nSPS) is 12.0.